The molecule has 1 aromatic heterocycles. The number of nitrogens with one attached hydrogen (secondary N) is 4. The Labute approximate surface area is 171 Å². The first-order chi connectivity index (χ1) is 13.2. The maximum atomic E-state index is 12.7. The van der Waals surface area contributed by atoms with Gasteiger partial charge in [0, 0.05) is 17.3 Å². The van der Waals surface area contributed by atoms with Crippen molar-refractivity contribution in [1.29, 1.82) is 0 Å². The smallest absolute Gasteiger partial charge is 0.331 e. The number of carbonyl (C=O) groups excluding carboxylic acids is 2. The van der Waals surface area contributed by atoms with Gasteiger partial charge in [0.2, 0.25) is 11.8 Å². The lowest BCUT2D eigenvalue weighted by Crippen LogP contribution is -2.44. The van der Waals surface area contributed by atoms with Gasteiger partial charge in [0.05, 0.1) is 17.1 Å². The molecule has 1 heterocycles. The molecule has 2 amide bonds. The average Bonchev–Trinajstić information content (AvgIpc) is 3.12. The lowest BCUT2D eigenvalue weighted by molar-refractivity contribution is -0.137. The van der Waals surface area contributed by atoms with Crippen molar-refractivity contribution in [2.24, 2.45) is 0 Å². The van der Waals surface area contributed by atoms with Crippen LogP contribution in [0.2, 0.25) is 0 Å². The zero-order valence-corrected chi connectivity index (χ0v) is 16.5. The first-order valence-corrected chi connectivity index (χ1v) is 9.98. The molecule has 150 valence electrons. The molecule has 0 aliphatic heterocycles. The molecule has 0 atom stereocenters. The van der Waals surface area contributed by atoms with E-state index in [-0.39, 0.29) is 28.2 Å². The van der Waals surface area contributed by atoms with Gasteiger partial charge in [-0.3, -0.25) is 20.4 Å². The quantitative estimate of drug-likeness (QED) is 0.398. The first kappa shape index (κ1) is 21.9. The molecule has 0 aliphatic carbocycles. The lowest BCUT2D eigenvalue weighted by Gasteiger charge is -2.13. The predicted molar refractivity (Wildman–Crippen MR) is 107 cm³/mol. The molecule has 7 nitrogen and oxygen atoms in total. The second-order valence-electron chi connectivity index (χ2n) is 5.08. The van der Waals surface area contributed by atoms with Crippen molar-refractivity contribution in [2.45, 2.75) is 6.18 Å². The number of aromatic nitrogens is 1. The molecule has 2 aromatic rings. The number of anilines is 2. The molecule has 0 fully saturated rings. The van der Waals surface area contributed by atoms with Crippen molar-refractivity contribution in [2.75, 3.05) is 22.1 Å². The predicted octanol–water partition coefficient (Wildman–Crippen LogP) is 2.85. The molecule has 0 bridgehead atoms. The van der Waals surface area contributed by atoms with Crippen molar-refractivity contribution in [3.63, 3.8) is 0 Å². The number of thiocarbonyl (C=S) groups is 1. The molecule has 4 N–H and O–H groups in total. The van der Waals surface area contributed by atoms with Crippen LogP contribution in [-0.4, -0.2) is 33.4 Å². The number of alkyl halides is 3. The highest BCUT2D eigenvalue weighted by molar-refractivity contribution is 8.00. The summed E-state index contributed by atoms with van der Waals surface area (Å²) in [7, 11) is 0. The first-order valence-electron chi connectivity index (χ1n) is 7.54. The van der Waals surface area contributed by atoms with Gasteiger partial charge in [-0.15, -0.1) is 23.1 Å². The molecule has 0 spiro atoms. The molecule has 0 saturated heterocycles. The number of carbonyl (C=O) groups is 2. The second-order valence-corrected chi connectivity index (χ2v) is 7.37. The SMILES string of the molecule is O=C(CSCC(=O)Nc1nccs1)NNC(=S)Nc1cccc(C(F)(F)F)c1. The van der Waals surface area contributed by atoms with Gasteiger partial charge in [0.1, 0.15) is 0 Å². The van der Waals surface area contributed by atoms with E-state index in [0.717, 1.165) is 23.9 Å². The van der Waals surface area contributed by atoms with E-state index < -0.39 is 17.6 Å². The zero-order chi connectivity index (χ0) is 20.6. The summed E-state index contributed by atoms with van der Waals surface area (Å²) in [5.41, 5.74) is 3.97. The fourth-order valence-corrected chi connectivity index (χ4v) is 3.11. The Morgan fingerprint density at radius 2 is 1.89 bits per heavy atom. The van der Waals surface area contributed by atoms with Gasteiger partial charge in [-0.05, 0) is 30.4 Å². The number of halogens is 3. The topological polar surface area (TPSA) is 95.2 Å². The number of hydrazine groups is 1. The summed E-state index contributed by atoms with van der Waals surface area (Å²) in [4.78, 5) is 27.3. The number of rotatable bonds is 6. The van der Waals surface area contributed by atoms with Crippen molar-refractivity contribution in [3.05, 3.63) is 41.4 Å². The van der Waals surface area contributed by atoms with Gasteiger partial charge < -0.3 is 10.6 Å². The molecular weight excluding hydrogens is 435 g/mol. The third kappa shape index (κ3) is 7.70. The fourth-order valence-electron chi connectivity index (χ4n) is 1.78. The third-order valence-corrected chi connectivity index (χ3v) is 4.73. The summed E-state index contributed by atoms with van der Waals surface area (Å²) in [6.45, 7) is 0. The van der Waals surface area contributed by atoms with Gasteiger partial charge in [-0.1, -0.05) is 6.07 Å². The van der Waals surface area contributed by atoms with Crippen LogP contribution in [0.3, 0.4) is 0 Å². The van der Waals surface area contributed by atoms with Crippen LogP contribution < -0.4 is 21.5 Å². The van der Waals surface area contributed by atoms with Gasteiger partial charge in [-0.25, -0.2) is 4.98 Å². The fraction of sp³-hybridized carbons (Fsp3) is 0.200. The van der Waals surface area contributed by atoms with Crippen LogP contribution in [0, 0.1) is 0 Å². The van der Waals surface area contributed by atoms with Crippen LogP contribution in [-0.2, 0) is 15.8 Å². The molecule has 0 radical (unpaired) electrons. The van der Waals surface area contributed by atoms with E-state index in [2.05, 4.69) is 26.5 Å². The molecule has 2 rings (SSSR count). The van der Waals surface area contributed by atoms with E-state index in [1.807, 2.05) is 0 Å². The van der Waals surface area contributed by atoms with Crippen LogP contribution in [0.5, 0.6) is 0 Å². The molecule has 0 saturated carbocycles. The van der Waals surface area contributed by atoms with Crippen molar-refractivity contribution < 1.29 is 22.8 Å². The highest BCUT2D eigenvalue weighted by Gasteiger charge is 2.30. The number of thiazole rings is 1. The number of amides is 2. The summed E-state index contributed by atoms with van der Waals surface area (Å²) in [5, 5.41) is 7.23. The largest absolute Gasteiger partial charge is 0.416 e. The highest BCUT2D eigenvalue weighted by atomic mass is 32.2. The van der Waals surface area contributed by atoms with Crippen molar-refractivity contribution >= 4 is 63.1 Å². The molecule has 13 heteroatoms. The maximum absolute atomic E-state index is 12.7. The van der Waals surface area contributed by atoms with E-state index in [1.165, 1.54) is 23.5 Å². The van der Waals surface area contributed by atoms with E-state index in [9.17, 15) is 22.8 Å². The van der Waals surface area contributed by atoms with Gasteiger partial charge in [-0.2, -0.15) is 13.2 Å². The average molecular weight is 450 g/mol. The Kier molecular flexibility index (Phi) is 8.02. The number of hydrogen-bond acceptors (Lipinski definition) is 6. The Morgan fingerprint density at radius 3 is 2.57 bits per heavy atom. The summed E-state index contributed by atoms with van der Waals surface area (Å²) in [6.07, 6.45) is -2.91. The normalized spacial score (nSPS) is 10.8. The van der Waals surface area contributed by atoms with Crippen LogP contribution in [0.4, 0.5) is 24.0 Å². The minimum atomic E-state index is -4.47. The Balaban J connectivity index is 1.67. The summed E-state index contributed by atoms with van der Waals surface area (Å²) in [5.74, 6) is -0.715. The monoisotopic (exact) mass is 449 g/mol. The maximum Gasteiger partial charge on any atom is 0.416 e. The second kappa shape index (κ2) is 10.2. The van der Waals surface area contributed by atoms with Crippen LogP contribution >= 0.6 is 35.3 Å². The standard InChI is InChI=1S/C15H14F3N5O2S3/c16-15(17,18)9-2-1-3-10(6-9)20-13(26)23-22-12(25)8-27-7-11(24)21-14-19-4-5-28-14/h1-6H,7-8H2,(H,22,25)(H,19,21,24)(H2,20,23,26). The van der Waals surface area contributed by atoms with Crippen molar-refractivity contribution in [1.82, 2.24) is 15.8 Å². The minimum absolute atomic E-state index is 0.0234. The number of thioether (sulfide) groups is 1. The zero-order valence-electron chi connectivity index (χ0n) is 14.0. The van der Waals surface area contributed by atoms with E-state index in [4.69, 9.17) is 12.2 Å². The van der Waals surface area contributed by atoms with Gasteiger partial charge in [0.25, 0.3) is 0 Å². The van der Waals surface area contributed by atoms with Gasteiger partial charge in [0.15, 0.2) is 10.2 Å². The van der Waals surface area contributed by atoms with E-state index in [0.29, 0.717) is 5.13 Å². The summed E-state index contributed by atoms with van der Waals surface area (Å²) in [6, 6.07) is 4.47. The number of nitrogens with zero attached hydrogens (tertiary/aromatic N) is 1. The minimum Gasteiger partial charge on any atom is -0.331 e. The molecular formula is C15H14F3N5O2S3. The van der Waals surface area contributed by atoms with Crippen LogP contribution in [0.1, 0.15) is 5.56 Å². The number of hydrogen-bond donors (Lipinski definition) is 4. The Bertz CT molecular complexity index is 831. The van der Waals surface area contributed by atoms with Crippen molar-refractivity contribution in [3.8, 4) is 0 Å². The summed E-state index contributed by atoms with van der Waals surface area (Å²) < 4.78 is 38.0. The molecule has 28 heavy (non-hydrogen) atoms. The van der Waals surface area contributed by atoms with Gasteiger partial charge >= 0.3 is 6.18 Å². The molecule has 0 aliphatic rings. The van der Waals surface area contributed by atoms with E-state index >= 15 is 0 Å². The van der Waals surface area contributed by atoms with Crippen LogP contribution in [0.25, 0.3) is 0 Å². The van der Waals surface area contributed by atoms with E-state index in [1.54, 1.807) is 11.6 Å². The lowest BCUT2D eigenvalue weighted by atomic mass is 10.2. The Hall–Kier alpha value is -2.38. The third-order valence-electron chi connectivity index (χ3n) is 2.91. The molecule has 1 aromatic carbocycles. The Morgan fingerprint density at radius 1 is 1.14 bits per heavy atom. The number of benzene rings is 1. The highest BCUT2D eigenvalue weighted by Crippen LogP contribution is 2.30. The molecule has 0 unspecified atom stereocenters. The van der Waals surface area contributed by atoms with Crippen LogP contribution in [0.15, 0.2) is 35.8 Å². The summed E-state index contributed by atoms with van der Waals surface area (Å²) >= 11 is 7.27.